The summed E-state index contributed by atoms with van der Waals surface area (Å²) in [6.07, 6.45) is 1.92. The summed E-state index contributed by atoms with van der Waals surface area (Å²) < 4.78 is 25.4. The third-order valence-electron chi connectivity index (χ3n) is 3.87. The van der Waals surface area contributed by atoms with Gasteiger partial charge in [0.2, 0.25) is 4.77 Å². The van der Waals surface area contributed by atoms with Crippen LogP contribution in [-0.4, -0.2) is 35.3 Å². The standard InChI is InChI=1S/C18H15Cl2FN4O2S/c1-26-16-11(8-13(19)17(27-2)15(16)20)9-22-25-14(23-24-18(25)28)7-10-3-5-12(21)6-4-10/h3-6,8-9H,7H2,1-2H3,(H,24,28)/b22-9-. The molecule has 0 fully saturated rings. The van der Waals surface area contributed by atoms with Crippen molar-refractivity contribution in [2.75, 3.05) is 14.2 Å². The van der Waals surface area contributed by atoms with Gasteiger partial charge >= 0.3 is 0 Å². The zero-order chi connectivity index (χ0) is 20.3. The molecule has 0 amide bonds. The first-order valence-electron chi connectivity index (χ1n) is 7.99. The van der Waals surface area contributed by atoms with E-state index in [0.29, 0.717) is 39.1 Å². The van der Waals surface area contributed by atoms with Crippen LogP contribution < -0.4 is 9.47 Å². The van der Waals surface area contributed by atoms with Gasteiger partial charge in [-0.15, -0.1) is 0 Å². The van der Waals surface area contributed by atoms with Crippen LogP contribution in [0.2, 0.25) is 10.0 Å². The number of ether oxygens (including phenoxy) is 2. The Hall–Kier alpha value is -2.42. The third kappa shape index (κ3) is 4.19. The number of H-pyrrole nitrogens is 1. The fourth-order valence-electron chi connectivity index (χ4n) is 2.56. The maximum Gasteiger partial charge on any atom is 0.216 e. The maximum absolute atomic E-state index is 13.1. The van der Waals surface area contributed by atoms with Gasteiger partial charge in [-0.25, -0.2) is 4.39 Å². The van der Waals surface area contributed by atoms with E-state index in [1.165, 1.54) is 37.2 Å². The Labute approximate surface area is 175 Å². The van der Waals surface area contributed by atoms with Crippen LogP contribution in [0, 0.1) is 10.6 Å². The third-order valence-corrected chi connectivity index (χ3v) is 4.76. The Morgan fingerprint density at radius 3 is 2.54 bits per heavy atom. The molecule has 0 radical (unpaired) electrons. The van der Waals surface area contributed by atoms with E-state index in [4.69, 9.17) is 44.9 Å². The summed E-state index contributed by atoms with van der Waals surface area (Å²) in [6, 6.07) is 7.74. The molecule has 0 saturated carbocycles. The van der Waals surface area contributed by atoms with Crippen LogP contribution in [0.1, 0.15) is 17.0 Å². The highest BCUT2D eigenvalue weighted by Gasteiger charge is 2.17. The van der Waals surface area contributed by atoms with Gasteiger partial charge in [0.25, 0.3) is 0 Å². The minimum atomic E-state index is -0.305. The largest absolute Gasteiger partial charge is 0.494 e. The highest BCUT2D eigenvalue weighted by molar-refractivity contribution is 7.71. The molecule has 0 spiro atoms. The van der Waals surface area contributed by atoms with Crippen molar-refractivity contribution < 1.29 is 13.9 Å². The van der Waals surface area contributed by atoms with Crippen LogP contribution in [0.25, 0.3) is 0 Å². The van der Waals surface area contributed by atoms with Gasteiger partial charge in [-0.2, -0.15) is 14.9 Å². The first-order valence-corrected chi connectivity index (χ1v) is 9.16. The lowest BCUT2D eigenvalue weighted by Gasteiger charge is -2.12. The zero-order valence-electron chi connectivity index (χ0n) is 14.9. The zero-order valence-corrected chi connectivity index (χ0v) is 17.2. The number of halogens is 3. The van der Waals surface area contributed by atoms with Crippen LogP contribution in [-0.2, 0) is 6.42 Å². The van der Waals surface area contributed by atoms with Crippen LogP contribution in [0.5, 0.6) is 11.5 Å². The number of rotatable bonds is 6. The van der Waals surface area contributed by atoms with Crippen LogP contribution in [0.3, 0.4) is 0 Å². The van der Waals surface area contributed by atoms with Gasteiger partial charge < -0.3 is 9.47 Å². The molecule has 10 heteroatoms. The number of hydrogen-bond donors (Lipinski definition) is 1. The molecule has 0 aliphatic rings. The molecule has 1 aromatic heterocycles. The van der Waals surface area contributed by atoms with Gasteiger partial charge in [0.05, 0.1) is 25.5 Å². The first kappa shape index (κ1) is 20.3. The van der Waals surface area contributed by atoms with Gasteiger partial charge in [-0.05, 0) is 36.0 Å². The summed E-state index contributed by atoms with van der Waals surface area (Å²) in [5, 5.41) is 11.8. The van der Waals surface area contributed by atoms with Crippen molar-refractivity contribution in [2.24, 2.45) is 5.10 Å². The van der Waals surface area contributed by atoms with E-state index in [1.807, 2.05) is 0 Å². The van der Waals surface area contributed by atoms with Gasteiger partial charge in [0, 0.05) is 12.0 Å². The molecule has 2 aromatic carbocycles. The molecular weight excluding hydrogens is 426 g/mol. The lowest BCUT2D eigenvalue weighted by Crippen LogP contribution is -2.02. The van der Waals surface area contributed by atoms with Crippen molar-refractivity contribution in [1.29, 1.82) is 0 Å². The minimum Gasteiger partial charge on any atom is -0.494 e. The summed E-state index contributed by atoms with van der Waals surface area (Å²) in [5.41, 5.74) is 1.40. The molecule has 3 rings (SSSR count). The average molecular weight is 441 g/mol. The number of hydrogen-bond acceptors (Lipinski definition) is 5. The van der Waals surface area contributed by atoms with Crippen molar-refractivity contribution >= 4 is 41.6 Å². The summed E-state index contributed by atoms with van der Waals surface area (Å²) in [7, 11) is 2.95. The fraction of sp³-hybridized carbons (Fsp3) is 0.167. The van der Waals surface area contributed by atoms with Crippen molar-refractivity contribution in [3.8, 4) is 11.5 Å². The van der Waals surface area contributed by atoms with E-state index in [1.54, 1.807) is 18.2 Å². The van der Waals surface area contributed by atoms with Gasteiger partial charge in [0.1, 0.15) is 16.6 Å². The molecule has 0 unspecified atom stereocenters. The number of methoxy groups -OCH3 is 2. The molecule has 6 nitrogen and oxygen atoms in total. The molecule has 0 aliphatic carbocycles. The van der Waals surface area contributed by atoms with Crippen molar-refractivity contribution in [3.05, 3.63) is 67.9 Å². The smallest absolute Gasteiger partial charge is 0.216 e. The molecule has 1 heterocycles. The Bertz CT molecular complexity index is 1080. The molecule has 28 heavy (non-hydrogen) atoms. The number of nitrogens with one attached hydrogen (secondary N) is 1. The summed E-state index contributed by atoms with van der Waals surface area (Å²) in [5.74, 6) is 0.926. The topological polar surface area (TPSA) is 64.4 Å². The highest BCUT2D eigenvalue weighted by Crippen LogP contribution is 2.41. The van der Waals surface area contributed by atoms with Crippen molar-refractivity contribution in [3.63, 3.8) is 0 Å². The van der Waals surface area contributed by atoms with E-state index in [9.17, 15) is 4.39 Å². The van der Waals surface area contributed by atoms with Crippen LogP contribution in [0.4, 0.5) is 4.39 Å². The second kappa shape index (κ2) is 8.72. The van der Waals surface area contributed by atoms with Gasteiger partial charge in [0.15, 0.2) is 11.6 Å². The molecule has 3 aromatic rings. The number of aromatic amines is 1. The summed E-state index contributed by atoms with van der Waals surface area (Å²) >= 11 is 17.7. The second-order valence-electron chi connectivity index (χ2n) is 5.63. The predicted molar refractivity (Wildman–Crippen MR) is 109 cm³/mol. The van der Waals surface area contributed by atoms with E-state index >= 15 is 0 Å². The maximum atomic E-state index is 13.1. The Morgan fingerprint density at radius 1 is 1.21 bits per heavy atom. The normalized spacial score (nSPS) is 11.2. The molecule has 0 aliphatic heterocycles. The van der Waals surface area contributed by atoms with Crippen molar-refractivity contribution in [1.82, 2.24) is 14.9 Å². The summed E-state index contributed by atoms with van der Waals surface area (Å²) in [4.78, 5) is 0. The number of aromatic nitrogens is 3. The first-order chi connectivity index (χ1) is 13.4. The Kier molecular flexibility index (Phi) is 6.33. The molecule has 0 saturated heterocycles. The second-order valence-corrected chi connectivity index (χ2v) is 6.80. The highest BCUT2D eigenvalue weighted by atomic mass is 35.5. The average Bonchev–Trinajstić information content (AvgIpc) is 3.01. The molecule has 1 N–H and O–H groups in total. The van der Waals surface area contributed by atoms with E-state index < -0.39 is 0 Å². The number of nitrogens with zero attached hydrogens (tertiary/aromatic N) is 3. The summed E-state index contributed by atoms with van der Waals surface area (Å²) in [6.45, 7) is 0. The SMILES string of the molecule is COc1c(Cl)cc(/C=N\n2c(Cc3ccc(F)cc3)n[nH]c2=S)c(OC)c1Cl. The lowest BCUT2D eigenvalue weighted by atomic mass is 10.1. The van der Waals surface area contributed by atoms with Crippen LogP contribution >= 0.6 is 35.4 Å². The molecule has 0 bridgehead atoms. The molecular formula is C18H15Cl2FN4O2S. The van der Waals surface area contributed by atoms with E-state index in [2.05, 4.69) is 15.3 Å². The van der Waals surface area contributed by atoms with Crippen LogP contribution in [0.15, 0.2) is 35.4 Å². The lowest BCUT2D eigenvalue weighted by molar-refractivity contribution is 0.394. The quantitative estimate of drug-likeness (QED) is 0.438. The monoisotopic (exact) mass is 440 g/mol. The van der Waals surface area contributed by atoms with E-state index in [-0.39, 0.29) is 10.8 Å². The van der Waals surface area contributed by atoms with E-state index in [0.717, 1.165) is 5.56 Å². The Morgan fingerprint density at radius 2 is 1.89 bits per heavy atom. The Balaban J connectivity index is 1.96. The fourth-order valence-corrected chi connectivity index (χ4v) is 3.46. The predicted octanol–water partition coefficient (Wildman–Crippen LogP) is 4.88. The van der Waals surface area contributed by atoms with Gasteiger partial charge in [-0.3, -0.25) is 5.10 Å². The van der Waals surface area contributed by atoms with Gasteiger partial charge in [-0.1, -0.05) is 35.3 Å². The number of benzene rings is 2. The molecule has 0 atom stereocenters. The molecule has 146 valence electrons. The van der Waals surface area contributed by atoms with Crippen molar-refractivity contribution in [2.45, 2.75) is 6.42 Å². The minimum absolute atomic E-state index is 0.237.